The number of amides is 1. The fourth-order valence-electron chi connectivity index (χ4n) is 2.70. The Morgan fingerprint density at radius 1 is 1.23 bits per heavy atom. The largest absolute Gasteiger partial charge is 0.422 e. The number of hydrogen-bond donors (Lipinski definition) is 1. The van der Waals surface area contributed by atoms with E-state index in [1.807, 2.05) is 36.7 Å². The minimum atomic E-state index is -0.648. The molecule has 4 aromatic rings. The first-order valence-corrected chi connectivity index (χ1v) is 8.87. The number of carbonyl (C=O) groups is 1. The van der Waals surface area contributed by atoms with E-state index < -0.39 is 11.5 Å². The van der Waals surface area contributed by atoms with Crippen LogP contribution in [0.25, 0.3) is 21.5 Å². The first-order valence-electron chi connectivity index (χ1n) is 8.00. The summed E-state index contributed by atoms with van der Waals surface area (Å²) in [5, 5.41) is 9.92. The summed E-state index contributed by atoms with van der Waals surface area (Å²) in [7, 11) is 1.82. The van der Waals surface area contributed by atoms with Crippen molar-refractivity contribution in [1.29, 1.82) is 0 Å². The van der Waals surface area contributed by atoms with Gasteiger partial charge >= 0.3 is 5.63 Å². The Kier molecular flexibility index (Phi) is 4.14. The lowest BCUT2D eigenvalue weighted by atomic mass is 10.2. The van der Waals surface area contributed by atoms with Gasteiger partial charge in [-0.05, 0) is 29.6 Å². The molecule has 0 aliphatic heterocycles. The number of aryl methyl sites for hydroxylation is 1. The lowest BCUT2D eigenvalue weighted by Gasteiger charge is -2.05. The lowest BCUT2D eigenvalue weighted by Crippen LogP contribution is -2.28. The second kappa shape index (κ2) is 6.61. The number of para-hydroxylation sites is 1. The first kappa shape index (κ1) is 16.3. The number of fused-ring (bicyclic) bond motifs is 1. The number of benzene rings is 1. The number of carbonyl (C=O) groups excluding carboxylic acids is 1. The second-order valence-corrected chi connectivity index (χ2v) is 6.74. The van der Waals surface area contributed by atoms with Crippen molar-refractivity contribution in [2.45, 2.75) is 6.54 Å². The summed E-state index contributed by atoms with van der Waals surface area (Å²) in [6, 6.07) is 14.5. The summed E-state index contributed by atoms with van der Waals surface area (Å²) < 4.78 is 6.93. The molecule has 4 rings (SSSR count). The molecule has 0 bridgehead atoms. The highest BCUT2D eigenvalue weighted by molar-refractivity contribution is 7.13. The number of nitrogens with one attached hydrogen (secondary N) is 1. The molecular formula is C19H15N3O3S. The minimum absolute atomic E-state index is 0.00986. The molecule has 1 aromatic carbocycles. The van der Waals surface area contributed by atoms with E-state index in [9.17, 15) is 9.59 Å². The predicted octanol–water partition coefficient (Wildman–Crippen LogP) is 3.19. The van der Waals surface area contributed by atoms with Crippen LogP contribution in [0.15, 0.2) is 63.1 Å². The molecule has 0 saturated carbocycles. The fraction of sp³-hybridized carbons (Fsp3) is 0.105. The van der Waals surface area contributed by atoms with Gasteiger partial charge in [-0.2, -0.15) is 5.10 Å². The van der Waals surface area contributed by atoms with E-state index in [2.05, 4.69) is 10.4 Å². The van der Waals surface area contributed by atoms with E-state index in [0.717, 1.165) is 16.3 Å². The Morgan fingerprint density at radius 3 is 2.88 bits per heavy atom. The molecule has 1 amide bonds. The zero-order valence-electron chi connectivity index (χ0n) is 13.9. The van der Waals surface area contributed by atoms with Crippen molar-refractivity contribution in [2.75, 3.05) is 0 Å². The summed E-state index contributed by atoms with van der Waals surface area (Å²) >= 11 is 1.61. The van der Waals surface area contributed by atoms with Crippen LogP contribution in [0.2, 0.25) is 0 Å². The molecule has 0 fully saturated rings. The monoisotopic (exact) mass is 365 g/mol. The SMILES string of the molecule is Cn1nc(-c2cccs2)cc1CNC(=O)c1cc2ccccc2oc1=O. The molecule has 0 aliphatic rings. The average molecular weight is 365 g/mol. The third-order valence-corrected chi connectivity index (χ3v) is 4.96. The molecule has 6 nitrogen and oxygen atoms in total. The van der Waals surface area contributed by atoms with Crippen LogP contribution in [0.5, 0.6) is 0 Å². The molecule has 0 unspecified atom stereocenters. The van der Waals surface area contributed by atoms with Gasteiger partial charge in [0.25, 0.3) is 5.91 Å². The molecule has 130 valence electrons. The maximum atomic E-state index is 12.4. The van der Waals surface area contributed by atoms with Crippen LogP contribution in [0.3, 0.4) is 0 Å². The zero-order chi connectivity index (χ0) is 18.1. The van der Waals surface area contributed by atoms with E-state index in [-0.39, 0.29) is 12.1 Å². The van der Waals surface area contributed by atoms with Crippen molar-refractivity contribution in [3.05, 3.63) is 75.6 Å². The highest BCUT2D eigenvalue weighted by Crippen LogP contribution is 2.23. The molecular weight excluding hydrogens is 350 g/mol. The van der Waals surface area contributed by atoms with Crippen LogP contribution < -0.4 is 10.9 Å². The Balaban J connectivity index is 1.54. The number of hydrogen-bond acceptors (Lipinski definition) is 5. The summed E-state index contributed by atoms with van der Waals surface area (Å²) in [6.07, 6.45) is 0. The van der Waals surface area contributed by atoms with Crippen molar-refractivity contribution in [3.63, 3.8) is 0 Å². The Labute approximate surface area is 152 Å². The number of nitrogens with zero attached hydrogens (tertiary/aromatic N) is 2. The molecule has 26 heavy (non-hydrogen) atoms. The standard InChI is InChI=1S/C19H15N3O3S/c1-22-13(10-15(21-22)17-7-4-8-26-17)11-20-18(23)14-9-12-5-2-3-6-16(12)25-19(14)24/h2-10H,11H2,1H3,(H,20,23). The van der Waals surface area contributed by atoms with E-state index in [4.69, 9.17) is 4.42 Å². The van der Waals surface area contributed by atoms with E-state index in [1.54, 1.807) is 40.3 Å². The smallest absolute Gasteiger partial charge is 0.349 e. The zero-order valence-corrected chi connectivity index (χ0v) is 14.7. The van der Waals surface area contributed by atoms with E-state index in [1.165, 1.54) is 0 Å². The molecule has 0 aliphatic carbocycles. The maximum absolute atomic E-state index is 12.4. The van der Waals surface area contributed by atoms with Gasteiger partial charge in [0, 0.05) is 12.4 Å². The van der Waals surface area contributed by atoms with Crippen LogP contribution in [0, 0.1) is 0 Å². The van der Waals surface area contributed by atoms with Crippen molar-refractivity contribution < 1.29 is 9.21 Å². The second-order valence-electron chi connectivity index (χ2n) is 5.79. The minimum Gasteiger partial charge on any atom is -0.422 e. The summed E-state index contributed by atoms with van der Waals surface area (Å²) in [5.74, 6) is -0.469. The lowest BCUT2D eigenvalue weighted by molar-refractivity contribution is 0.0946. The van der Waals surface area contributed by atoms with Gasteiger partial charge in [0.2, 0.25) is 0 Å². The summed E-state index contributed by atoms with van der Waals surface area (Å²) in [5.41, 5.74) is 1.50. The van der Waals surface area contributed by atoms with Gasteiger partial charge in [0.05, 0.1) is 17.1 Å². The quantitative estimate of drug-likeness (QED) is 0.564. The molecule has 7 heteroatoms. The number of thiophene rings is 1. The number of rotatable bonds is 4. The van der Waals surface area contributed by atoms with Gasteiger partial charge in [-0.1, -0.05) is 24.3 Å². The third kappa shape index (κ3) is 3.04. The Hall–Kier alpha value is -3.19. The average Bonchev–Trinajstić information content (AvgIpc) is 3.29. The Morgan fingerprint density at radius 2 is 2.08 bits per heavy atom. The highest BCUT2D eigenvalue weighted by atomic mass is 32.1. The topological polar surface area (TPSA) is 77.1 Å². The van der Waals surface area contributed by atoms with Crippen molar-refractivity contribution >= 4 is 28.2 Å². The molecule has 0 radical (unpaired) electrons. The van der Waals surface area contributed by atoms with Gasteiger partial charge in [-0.15, -0.1) is 11.3 Å². The molecule has 3 heterocycles. The highest BCUT2D eigenvalue weighted by Gasteiger charge is 2.15. The predicted molar refractivity (Wildman–Crippen MR) is 100 cm³/mol. The first-order chi connectivity index (χ1) is 12.6. The van der Waals surface area contributed by atoms with Crippen molar-refractivity contribution in [2.24, 2.45) is 7.05 Å². The maximum Gasteiger partial charge on any atom is 0.349 e. The Bertz CT molecular complexity index is 1140. The van der Waals surface area contributed by atoms with Crippen molar-refractivity contribution in [3.8, 4) is 10.6 Å². The molecule has 0 saturated heterocycles. The normalized spacial score (nSPS) is 11.0. The van der Waals surface area contributed by atoms with Crippen LogP contribution in [-0.2, 0) is 13.6 Å². The molecule has 0 atom stereocenters. The fourth-order valence-corrected chi connectivity index (χ4v) is 3.38. The molecule has 0 spiro atoms. The van der Waals surface area contributed by atoms with Gasteiger partial charge in [-0.25, -0.2) is 4.79 Å². The van der Waals surface area contributed by atoms with E-state index >= 15 is 0 Å². The van der Waals surface area contributed by atoms with Crippen LogP contribution in [0.4, 0.5) is 0 Å². The van der Waals surface area contributed by atoms with Crippen LogP contribution in [-0.4, -0.2) is 15.7 Å². The van der Waals surface area contributed by atoms with Gasteiger partial charge in [0.15, 0.2) is 0 Å². The molecule has 3 aromatic heterocycles. The van der Waals surface area contributed by atoms with Crippen molar-refractivity contribution in [1.82, 2.24) is 15.1 Å². The molecule has 1 N–H and O–H groups in total. The van der Waals surface area contributed by atoms with Gasteiger partial charge in [0.1, 0.15) is 16.8 Å². The summed E-state index contributed by atoms with van der Waals surface area (Å²) in [4.78, 5) is 25.6. The van der Waals surface area contributed by atoms with Crippen LogP contribution in [0.1, 0.15) is 16.1 Å². The van der Waals surface area contributed by atoms with Gasteiger partial charge in [-0.3, -0.25) is 9.48 Å². The number of aromatic nitrogens is 2. The third-order valence-electron chi connectivity index (χ3n) is 4.07. The van der Waals surface area contributed by atoms with Crippen LogP contribution >= 0.6 is 11.3 Å². The van der Waals surface area contributed by atoms with Gasteiger partial charge < -0.3 is 9.73 Å². The summed E-state index contributed by atoms with van der Waals surface area (Å²) in [6.45, 7) is 0.264. The van der Waals surface area contributed by atoms with E-state index in [0.29, 0.717) is 11.0 Å².